The van der Waals surface area contributed by atoms with E-state index < -0.39 is 0 Å². The van der Waals surface area contributed by atoms with Crippen LogP contribution in [-0.2, 0) is 22.7 Å². The molecule has 2 aromatic carbocycles. The number of nitrogens with zero attached hydrogens (tertiary/aromatic N) is 4. The van der Waals surface area contributed by atoms with Gasteiger partial charge in [0, 0.05) is 11.1 Å². The minimum absolute atomic E-state index is 0.0474. The molecule has 2 saturated heterocycles. The normalized spacial score (nSPS) is 17.8. The average molecular weight is 512 g/mol. The van der Waals surface area contributed by atoms with Crippen LogP contribution >= 0.6 is 46.4 Å². The van der Waals surface area contributed by atoms with E-state index in [1.165, 1.54) is 0 Å². The molecule has 0 atom stereocenters. The summed E-state index contributed by atoms with van der Waals surface area (Å²) in [6, 6.07) is 7.02. The molecule has 0 aromatic heterocycles. The maximum absolute atomic E-state index is 11.2. The Labute approximate surface area is 202 Å². The van der Waals surface area contributed by atoms with E-state index in [1.54, 1.807) is 24.3 Å². The first kappa shape index (κ1) is 21.3. The number of guanidine groups is 2. The maximum atomic E-state index is 11.2. The van der Waals surface area contributed by atoms with Crippen LogP contribution in [0.15, 0.2) is 34.3 Å². The van der Waals surface area contributed by atoms with Crippen LogP contribution in [-0.4, -0.2) is 46.6 Å². The number of halogens is 4. The third-order valence-corrected chi connectivity index (χ3v) is 6.95. The zero-order chi connectivity index (χ0) is 22.6. The van der Waals surface area contributed by atoms with Crippen molar-refractivity contribution in [2.45, 2.75) is 13.1 Å². The third kappa shape index (κ3) is 3.77. The summed E-state index contributed by atoms with van der Waals surface area (Å²) in [5.74, 6) is 1.09. The molecule has 164 valence electrons. The van der Waals surface area contributed by atoms with Crippen molar-refractivity contribution in [1.82, 2.24) is 20.4 Å². The number of amides is 2. The molecule has 0 unspecified atom stereocenters. The molecule has 2 N–H and O–H groups in total. The number of fused-ring (bicyclic) bond motifs is 4. The van der Waals surface area contributed by atoms with Crippen molar-refractivity contribution in [2.75, 3.05) is 13.1 Å². The van der Waals surface area contributed by atoms with Gasteiger partial charge in [0.2, 0.25) is 23.7 Å². The van der Waals surface area contributed by atoms with Gasteiger partial charge >= 0.3 is 0 Å². The summed E-state index contributed by atoms with van der Waals surface area (Å²) in [6.45, 7) is 1.76. The third-order valence-electron chi connectivity index (χ3n) is 5.26. The van der Waals surface area contributed by atoms with Gasteiger partial charge in [0.1, 0.15) is 13.1 Å². The standard InChI is InChI=1S/2C10H7Cl2N3O/c2*11-6-1-2-7-5(9(6)12)3-15-4-8(16)14-10(15)13-7/h2*1-2H,3-4H2,(H,13,14,16). The molecule has 2 amide bonds. The fraction of sp³-hybridized carbons (Fsp3) is 0.200. The predicted octanol–water partition coefficient (Wildman–Crippen LogP) is 3.85. The molecule has 32 heavy (non-hydrogen) atoms. The highest BCUT2D eigenvalue weighted by Crippen LogP contribution is 2.38. The molecule has 4 heterocycles. The Hall–Kier alpha value is -2.52. The number of hydrogen-bond acceptors (Lipinski definition) is 6. The quantitative estimate of drug-likeness (QED) is 0.562. The summed E-state index contributed by atoms with van der Waals surface area (Å²) >= 11 is 24.1. The summed E-state index contributed by atoms with van der Waals surface area (Å²) < 4.78 is 0. The van der Waals surface area contributed by atoms with Gasteiger partial charge < -0.3 is 9.80 Å². The number of aliphatic imine (C=N–C) groups is 2. The topological polar surface area (TPSA) is 89.4 Å². The molecule has 4 aliphatic rings. The second-order valence-corrected chi connectivity index (χ2v) is 8.97. The molecule has 4 aliphatic heterocycles. The van der Waals surface area contributed by atoms with E-state index in [4.69, 9.17) is 46.4 Å². The van der Waals surface area contributed by atoms with Crippen LogP contribution in [0.25, 0.3) is 0 Å². The first-order valence-electron chi connectivity index (χ1n) is 9.51. The maximum Gasteiger partial charge on any atom is 0.246 e. The zero-order valence-electron chi connectivity index (χ0n) is 16.3. The van der Waals surface area contributed by atoms with Crippen molar-refractivity contribution in [3.05, 3.63) is 55.5 Å². The largest absolute Gasteiger partial charge is 0.329 e. The fourth-order valence-electron chi connectivity index (χ4n) is 3.73. The Morgan fingerprint density at radius 2 is 1.06 bits per heavy atom. The Bertz CT molecular complexity index is 1150. The van der Waals surface area contributed by atoms with Crippen LogP contribution in [0.4, 0.5) is 11.4 Å². The van der Waals surface area contributed by atoms with Gasteiger partial charge in [0.25, 0.3) is 0 Å². The van der Waals surface area contributed by atoms with E-state index in [1.807, 2.05) is 9.80 Å². The summed E-state index contributed by atoms with van der Waals surface area (Å²) in [7, 11) is 0. The number of hydrogen-bond donors (Lipinski definition) is 2. The second-order valence-electron chi connectivity index (χ2n) is 7.40. The van der Waals surface area contributed by atoms with E-state index >= 15 is 0 Å². The molecule has 0 saturated carbocycles. The van der Waals surface area contributed by atoms with Crippen LogP contribution in [0.2, 0.25) is 20.1 Å². The second kappa shape index (κ2) is 8.12. The number of carbonyl (C=O) groups is 2. The SMILES string of the molecule is O=C1CN2Cc3c(ccc(Cl)c3Cl)N=C2N1.O=C1CN2Cc3c(ccc(Cl)c3Cl)N=C2N1. The van der Waals surface area contributed by atoms with Crippen LogP contribution in [0.3, 0.4) is 0 Å². The van der Waals surface area contributed by atoms with Crippen molar-refractivity contribution in [2.24, 2.45) is 9.98 Å². The van der Waals surface area contributed by atoms with Crippen molar-refractivity contribution < 1.29 is 9.59 Å². The molecular formula is C20H14Cl4N6O2. The van der Waals surface area contributed by atoms with Gasteiger partial charge in [-0.2, -0.15) is 0 Å². The van der Waals surface area contributed by atoms with Crippen LogP contribution in [0.5, 0.6) is 0 Å². The highest BCUT2D eigenvalue weighted by molar-refractivity contribution is 6.43. The summed E-state index contributed by atoms with van der Waals surface area (Å²) in [4.78, 5) is 34.8. The van der Waals surface area contributed by atoms with Gasteiger partial charge in [0.05, 0.1) is 44.6 Å². The molecule has 2 aromatic rings. The van der Waals surface area contributed by atoms with Crippen molar-refractivity contribution in [3.63, 3.8) is 0 Å². The van der Waals surface area contributed by atoms with Crippen molar-refractivity contribution in [3.8, 4) is 0 Å². The predicted molar refractivity (Wildman–Crippen MR) is 124 cm³/mol. The summed E-state index contributed by atoms with van der Waals surface area (Å²) in [5.41, 5.74) is 3.27. The first-order chi connectivity index (χ1) is 15.3. The average Bonchev–Trinajstić information content (AvgIpc) is 3.31. The monoisotopic (exact) mass is 510 g/mol. The molecule has 0 aliphatic carbocycles. The van der Waals surface area contributed by atoms with E-state index in [9.17, 15) is 9.59 Å². The molecule has 0 bridgehead atoms. The fourth-order valence-corrected chi connectivity index (χ4v) is 4.52. The van der Waals surface area contributed by atoms with Gasteiger partial charge in [-0.15, -0.1) is 0 Å². The van der Waals surface area contributed by atoms with Crippen molar-refractivity contribution in [1.29, 1.82) is 0 Å². The number of carbonyl (C=O) groups excluding carboxylic acids is 2. The molecule has 0 spiro atoms. The lowest BCUT2D eigenvalue weighted by molar-refractivity contribution is -0.119. The van der Waals surface area contributed by atoms with Gasteiger partial charge in [0.15, 0.2) is 0 Å². The lowest BCUT2D eigenvalue weighted by atomic mass is 10.1. The lowest BCUT2D eigenvalue weighted by Gasteiger charge is -2.23. The smallest absolute Gasteiger partial charge is 0.246 e. The van der Waals surface area contributed by atoms with Gasteiger partial charge in [-0.05, 0) is 24.3 Å². The number of rotatable bonds is 0. The van der Waals surface area contributed by atoms with Crippen LogP contribution in [0, 0.1) is 0 Å². The lowest BCUT2D eigenvalue weighted by Crippen LogP contribution is -2.32. The van der Waals surface area contributed by atoms with E-state index in [2.05, 4.69) is 20.6 Å². The minimum Gasteiger partial charge on any atom is -0.329 e. The molecular weight excluding hydrogens is 498 g/mol. The Balaban J connectivity index is 0.000000135. The molecule has 2 fully saturated rings. The Kier molecular flexibility index (Phi) is 5.41. The summed E-state index contributed by atoms with van der Waals surface area (Å²) in [5, 5.41) is 7.44. The first-order valence-corrected chi connectivity index (χ1v) is 11.0. The number of benzene rings is 2. The van der Waals surface area contributed by atoms with E-state index in [0.717, 1.165) is 22.5 Å². The number of nitrogens with one attached hydrogen (secondary N) is 2. The minimum atomic E-state index is -0.0474. The van der Waals surface area contributed by atoms with Crippen LogP contribution in [0.1, 0.15) is 11.1 Å². The Morgan fingerprint density at radius 3 is 1.47 bits per heavy atom. The Morgan fingerprint density at radius 1 is 0.656 bits per heavy atom. The molecule has 6 rings (SSSR count). The van der Waals surface area contributed by atoms with Crippen LogP contribution < -0.4 is 10.6 Å². The van der Waals surface area contributed by atoms with Gasteiger partial charge in [-0.25, -0.2) is 9.98 Å². The van der Waals surface area contributed by atoms with E-state index in [-0.39, 0.29) is 11.8 Å². The van der Waals surface area contributed by atoms with Gasteiger partial charge in [-0.3, -0.25) is 20.2 Å². The zero-order valence-corrected chi connectivity index (χ0v) is 19.3. The molecule has 0 radical (unpaired) electrons. The molecule has 12 heteroatoms. The molecule has 8 nitrogen and oxygen atoms in total. The van der Waals surface area contributed by atoms with Crippen molar-refractivity contribution >= 4 is 81.5 Å². The highest BCUT2D eigenvalue weighted by atomic mass is 35.5. The van der Waals surface area contributed by atoms with E-state index in [0.29, 0.717) is 58.2 Å². The highest BCUT2D eigenvalue weighted by Gasteiger charge is 2.31. The van der Waals surface area contributed by atoms with Gasteiger partial charge in [-0.1, -0.05) is 46.4 Å². The summed E-state index contributed by atoms with van der Waals surface area (Å²) in [6.07, 6.45) is 0.